The Hall–Kier alpha value is -3.49. The molecular weight excluding hydrogens is 462 g/mol. The first-order chi connectivity index (χ1) is 16.7. The average Bonchev–Trinajstić information content (AvgIpc) is 2.84. The van der Waals surface area contributed by atoms with Crippen molar-refractivity contribution in [3.8, 4) is 5.75 Å². The summed E-state index contributed by atoms with van der Waals surface area (Å²) in [5.41, 5.74) is 5.94. The maximum Gasteiger partial charge on any atom is 0.255 e. The van der Waals surface area contributed by atoms with Gasteiger partial charge in [0.15, 0.2) is 0 Å². The number of methoxy groups -OCH3 is 1. The van der Waals surface area contributed by atoms with Crippen molar-refractivity contribution in [2.45, 2.75) is 38.1 Å². The minimum absolute atomic E-state index is 0.0437. The van der Waals surface area contributed by atoms with Gasteiger partial charge in [-0.2, -0.15) is 9.41 Å². The van der Waals surface area contributed by atoms with E-state index in [1.54, 1.807) is 19.1 Å². The largest absolute Gasteiger partial charge is 0.496 e. The molecule has 0 aliphatic heterocycles. The topological polar surface area (TPSA) is 88.1 Å². The summed E-state index contributed by atoms with van der Waals surface area (Å²) in [6, 6.07) is 21.6. The van der Waals surface area contributed by atoms with Crippen LogP contribution in [0.15, 0.2) is 82.8 Å². The van der Waals surface area contributed by atoms with Crippen molar-refractivity contribution in [3.05, 3.63) is 95.1 Å². The molecule has 3 aromatic carbocycles. The number of amides is 1. The van der Waals surface area contributed by atoms with Gasteiger partial charge in [0.25, 0.3) is 5.91 Å². The summed E-state index contributed by atoms with van der Waals surface area (Å²) in [5.74, 6) is 0.476. The molecule has 0 unspecified atom stereocenters. The number of ether oxygens (including phenoxy) is 1. The van der Waals surface area contributed by atoms with E-state index < -0.39 is 15.9 Å². The van der Waals surface area contributed by atoms with E-state index in [1.807, 2.05) is 54.6 Å². The highest BCUT2D eigenvalue weighted by Crippen LogP contribution is 2.24. The summed E-state index contributed by atoms with van der Waals surface area (Å²) < 4.78 is 33.3. The summed E-state index contributed by atoms with van der Waals surface area (Å²) in [6.07, 6.45) is 1.53. The van der Waals surface area contributed by atoms with Crippen molar-refractivity contribution in [2.24, 2.45) is 5.10 Å². The third-order valence-electron chi connectivity index (χ3n) is 5.53. The van der Waals surface area contributed by atoms with Gasteiger partial charge in [-0.3, -0.25) is 4.79 Å². The van der Waals surface area contributed by atoms with Crippen LogP contribution in [-0.4, -0.2) is 38.5 Å². The number of hydrazone groups is 1. The molecule has 0 bridgehead atoms. The molecule has 184 valence electrons. The average molecular weight is 494 g/mol. The van der Waals surface area contributed by atoms with Gasteiger partial charge in [0.2, 0.25) is 10.0 Å². The molecule has 3 rings (SSSR count). The molecule has 0 aromatic heterocycles. The first-order valence-electron chi connectivity index (χ1n) is 11.3. The number of sulfonamides is 1. The zero-order valence-electron chi connectivity index (χ0n) is 20.4. The molecule has 0 saturated heterocycles. The Bertz CT molecular complexity index is 1270. The van der Waals surface area contributed by atoms with Crippen molar-refractivity contribution < 1.29 is 17.9 Å². The minimum Gasteiger partial charge on any atom is -0.496 e. The van der Waals surface area contributed by atoms with Crippen LogP contribution in [0.3, 0.4) is 0 Å². The predicted molar refractivity (Wildman–Crippen MR) is 138 cm³/mol. The highest BCUT2D eigenvalue weighted by molar-refractivity contribution is 7.89. The van der Waals surface area contributed by atoms with E-state index in [-0.39, 0.29) is 18.0 Å². The molecule has 0 radical (unpaired) electrons. The van der Waals surface area contributed by atoms with E-state index in [1.165, 1.54) is 25.0 Å². The smallest absolute Gasteiger partial charge is 0.255 e. The summed E-state index contributed by atoms with van der Waals surface area (Å²) in [5, 5.41) is 4.01. The molecule has 3 aromatic rings. The Morgan fingerprint density at radius 3 is 2.34 bits per heavy atom. The van der Waals surface area contributed by atoms with Crippen LogP contribution in [0.2, 0.25) is 0 Å². The Morgan fingerprint density at radius 1 is 1.06 bits per heavy atom. The lowest BCUT2D eigenvalue weighted by Crippen LogP contribution is -2.39. The van der Waals surface area contributed by atoms with Crippen LogP contribution >= 0.6 is 0 Å². The Kier molecular flexibility index (Phi) is 8.78. The van der Waals surface area contributed by atoms with Crippen LogP contribution in [0, 0.1) is 6.92 Å². The molecule has 0 heterocycles. The van der Waals surface area contributed by atoms with Gasteiger partial charge in [0.1, 0.15) is 5.75 Å². The molecule has 1 N–H and O–H groups in total. The number of aryl methyl sites for hydroxylation is 1. The summed E-state index contributed by atoms with van der Waals surface area (Å²) in [6.45, 7) is 5.67. The molecule has 8 heteroatoms. The van der Waals surface area contributed by atoms with Gasteiger partial charge in [-0.05, 0) is 53.3 Å². The van der Waals surface area contributed by atoms with Gasteiger partial charge < -0.3 is 4.74 Å². The van der Waals surface area contributed by atoms with Crippen LogP contribution in [0.4, 0.5) is 0 Å². The van der Waals surface area contributed by atoms with Gasteiger partial charge in [-0.25, -0.2) is 13.8 Å². The lowest BCUT2D eigenvalue weighted by Gasteiger charge is -2.22. The number of hydrogen-bond donors (Lipinski definition) is 1. The fourth-order valence-corrected chi connectivity index (χ4v) is 4.98. The van der Waals surface area contributed by atoms with Crippen molar-refractivity contribution in [1.82, 2.24) is 9.73 Å². The number of nitrogens with zero attached hydrogens (tertiary/aromatic N) is 2. The fraction of sp³-hybridized carbons (Fsp3) is 0.259. The van der Waals surface area contributed by atoms with Crippen LogP contribution in [-0.2, 0) is 21.4 Å². The van der Waals surface area contributed by atoms with E-state index in [0.29, 0.717) is 17.2 Å². The van der Waals surface area contributed by atoms with Gasteiger partial charge in [0.05, 0.1) is 24.8 Å². The lowest BCUT2D eigenvalue weighted by atomic mass is 10.0. The standard InChI is InChI=1S/C27H31N3O4S/c1-20(2)24-12-10-22(11-13-24)17-28-29-27(31)19-30(18-23-8-6-5-7-9-23)35(32,33)25-14-15-26(34-4)21(3)16-25/h5-17,20H,18-19H2,1-4H3,(H,29,31). The molecule has 0 aliphatic rings. The molecule has 35 heavy (non-hydrogen) atoms. The van der Waals surface area contributed by atoms with Crippen molar-refractivity contribution >= 4 is 22.1 Å². The van der Waals surface area contributed by atoms with Crippen molar-refractivity contribution in [1.29, 1.82) is 0 Å². The molecule has 0 atom stereocenters. The highest BCUT2D eigenvalue weighted by Gasteiger charge is 2.27. The quantitative estimate of drug-likeness (QED) is 0.333. The maximum atomic E-state index is 13.5. The van der Waals surface area contributed by atoms with E-state index >= 15 is 0 Å². The predicted octanol–water partition coefficient (Wildman–Crippen LogP) is 4.47. The highest BCUT2D eigenvalue weighted by atomic mass is 32.2. The zero-order chi connectivity index (χ0) is 25.4. The fourth-order valence-electron chi connectivity index (χ4n) is 3.51. The molecule has 0 saturated carbocycles. The van der Waals surface area contributed by atoms with Crippen molar-refractivity contribution in [3.63, 3.8) is 0 Å². The monoisotopic (exact) mass is 493 g/mol. The van der Waals surface area contributed by atoms with Gasteiger partial charge in [0, 0.05) is 6.54 Å². The number of hydrogen-bond acceptors (Lipinski definition) is 5. The van der Waals surface area contributed by atoms with Gasteiger partial charge in [-0.1, -0.05) is 68.4 Å². The Labute approximate surface area is 207 Å². The number of benzene rings is 3. The Morgan fingerprint density at radius 2 is 1.74 bits per heavy atom. The van der Waals surface area contributed by atoms with Crippen molar-refractivity contribution in [2.75, 3.05) is 13.7 Å². The normalized spacial score (nSPS) is 11.8. The molecule has 0 spiro atoms. The molecule has 0 fully saturated rings. The first-order valence-corrected chi connectivity index (χ1v) is 12.8. The van der Waals surface area contributed by atoms with Crippen LogP contribution in [0.1, 0.15) is 42.0 Å². The summed E-state index contributed by atoms with van der Waals surface area (Å²) in [4.78, 5) is 12.8. The third kappa shape index (κ3) is 7.00. The number of carbonyl (C=O) groups excluding carboxylic acids is 1. The van der Waals surface area contributed by atoms with Gasteiger partial charge >= 0.3 is 0 Å². The molecular formula is C27H31N3O4S. The third-order valence-corrected chi connectivity index (χ3v) is 7.32. The number of rotatable bonds is 10. The van der Waals surface area contributed by atoms with Gasteiger partial charge in [-0.15, -0.1) is 0 Å². The van der Waals surface area contributed by atoms with E-state index in [2.05, 4.69) is 24.4 Å². The van der Waals surface area contributed by atoms with Crippen LogP contribution < -0.4 is 10.2 Å². The second kappa shape index (κ2) is 11.8. The second-order valence-electron chi connectivity index (χ2n) is 8.50. The van der Waals surface area contributed by atoms with E-state index in [4.69, 9.17) is 4.74 Å². The summed E-state index contributed by atoms with van der Waals surface area (Å²) in [7, 11) is -2.44. The SMILES string of the molecule is COc1ccc(S(=O)(=O)N(CC(=O)NN=Cc2ccc(C(C)C)cc2)Cc2ccccc2)cc1C. The first kappa shape index (κ1) is 26.1. The number of carbonyl (C=O) groups is 1. The minimum atomic E-state index is -3.97. The molecule has 0 aliphatic carbocycles. The van der Waals surface area contributed by atoms with Crippen LogP contribution in [0.25, 0.3) is 0 Å². The lowest BCUT2D eigenvalue weighted by molar-refractivity contribution is -0.121. The van der Waals surface area contributed by atoms with E-state index in [0.717, 1.165) is 15.4 Å². The maximum absolute atomic E-state index is 13.5. The Balaban J connectivity index is 1.77. The summed E-state index contributed by atoms with van der Waals surface area (Å²) >= 11 is 0. The van der Waals surface area contributed by atoms with E-state index in [9.17, 15) is 13.2 Å². The number of nitrogens with one attached hydrogen (secondary N) is 1. The zero-order valence-corrected chi connectivity index (χ0v) is 21.2. The second-order valence-corrected chi connectivity index (χ2v) is 10.4. The molecule has 7 nitrogen and oxygen atoms in total. The van der Waals surface area contributed by atoms with Crippen LogP contribution in [0.5, 0.6) is 5.75 Å². The molecule has 1 amide bonds.